The summed E-state index contributed by atoms with van der Waals surface area (Å²) in [6, 6.07) is 22.1. The van der Waals surface area contributed by atoms with Crippen LogP contribution < -0.4 is 10.5 Å². The van der Waals surface area contributed by atoms with Crippen LogP contribution in [0.25, 0.3) is 11.1 Å². The summed E-state index contributed by atoms with van der Waals surface area (Å²) < 4.78 is 5.30. The van der Waals surface area contributed by atoms with Crippen molar-refractivity contribution in [3.05, 3.63) is 77.5 Å². The van der Waals surface area contributed by atoms with Crippen molar-refractivity contribution in [1.29, 1.82) is 5.26 Å². The first-order valence-electron chi connectivity index (χ1n) is 8.08. The minimum absolute atomic E-state index is 0.296. The smallest absolute Gasteiger partial charge is 0.141 e. The molecule has 1 aromatic heterocycles. The fraction of sp³-hybridized carbons (Fsp3) is 0.143. The van der Waals surface area contributed by atoms with E-state index in [1.54, 1.807) is 13.2 Å². The van der Waals surface area contributed by atoms with Gasteiger partial charge in [-0.25, -0.2) is 4.98 Å². The third-order valence-electron chi connectivity index (χ3n) is 4.10. The van der Waals surface area contributed by atoms with Crippen LogP contribution in [0.2, 0.25) is 0 Å². The van der Waals surface area contributed by atoms with Gasteiger partial charge in [0.15, 0.2) is 0 Å². The lowest BCUT2D eigenvalue weighted by molar-refractivity contribution is 0.415. The average Bonchev–Trinajstić information content (AvgIpc) is 2.67. The van der Waals surface area contributed by atoms with E-state index in [4.69, 9.17) is 15.7 Å². The molecule has 4 nitrogen and oxygen atoms in total. The Hall–Kier alpha value is -3.32. The third kappa shape index (κ3) is 3.96. The van der Waals surface area contributed by atoms with Crippen LogP contribution in [0, 0.1) is 11.3 Å². The van der Waals surface area contributed by atoms with Gasteiger partial charge in [-0.2, -0.15) is 5.26 Å². The second kappa shape index (κ2) is 7.50. The predicted molar refractivity (Wildman–Crippen MR) is 99.2 cm³/mol. The van der Waals surface area contributed by atoms with Gasteiger partial charge < -0.3 is 10.5 Å². The molecule has 0 spiro atoms. The molecule has 0 aliphatic carbocycles. The molecule has 0 fully saturated rings. The van der Waals surface area contributed by atoms with E-state index in [0.29, 0.717) is 11.4 Å². The quantitative estimate of drug-likeness (QED) is 0.768. The van der Waals surface area contributed by atoms with Gasteiger partial charge in [-0.05, 0) is 53.8 Å². The number of nitrogen functional groups attached to an aromatic ring is 1. The second-order valence-corrected chi connectivity index (χ2v) is 5.78. The number of anilines is 1. The van der Waals surface area contributed by atoms with Gasteiger partial charge in [0, 0.05) is 5.69 Å². The minimum atomic E-state index is 0.296. The molecular weight excluding hydrogens is 310 g/mol. The Bertz CT molecular complexity index is 928. The summed E-state index contributed by atoms with van der Waals surface area (Å²) in [7, 11) is 1.67. The first-order valence-corrected chi connectivity index (χ1v) is 8.08. The normalized spacial score (nSPS) is 10.2. The van der Waals surface area contributed by atoms with Crippen molar-refractivity contribution in [2.75, 3.05) is 12.8 Å². The van der Waals surface area contributed by atoms with Crippen LogP contribution in [0.3, 0.4) is 0 Å². The third-order valence-corrected chi connectivity index (χ3v) is 4.10. The molecule has 25 heavy (non-hydrogen) atoms. The van der Waals surface area contributed by atoms with Gasteiger partial charge in [-0.3, -0.25) is 0 Å². The summed E-state index contributed by atoms with van der Waals surface area (Å²) in [6.45, 7) is 0. The van der Waals surface area contributed by atoms with E-state index in [9.17, 15) is 0 Å². The molecule has 3 rings (SSSR count). The highest BCUT2D eigenvalue weighted by molar-refractivity contribution is 5.65. The van der Waals surface area contributed by atoms with E-state index in [1.165, 1.54) is 5.56 Å². The number of nitrogens with two attached hydrogens (primary N) is 1. The number of benzene rings is 2. The van der Waals surface area contributed by atoms with Crippen molar-refractivity contribution in [3.8, 4) is 22.9 Å². The summed E-state index contributed by atoms with van der Waals surface area (Å²) >= 11 is 0. The molecular formula is C21H19N3O. The van der Waals surface area contributed by atoms with Gasteiger partial charge >= 0.3 is 0 Å². The monoisotopic (exact) mass is 329 g/mol. The summed E-state index contributed by atoms with van der Waals surface area (Å²) in [5, 5.41) is 8.91. The lowest BCUT2D eigenvalue weighted by Gasteiger charge is -2.08. The van der Waals surface area contributed by atoms with Crippen LogP contribution in [0.4, 0.5) is 5.82 Å². The molecule has 0 saturated heterocycles. The van der Waals surface area contributed by atoms with E-state index >= 15 is 0 Å². The maximum Gasteiger partial charge on any atom is 0.141 e. The zero-order valence-electron chi connectivity index (χ0n) is 14.1. The Morgan fingerprint density at radius 3 is 2.48 bits per heavy atom. The number of ether oxygens (including phenoxy) is 1. The van der Waals surface area contributed by atoms with Crippen LogP contribution >= 0.6 is 0 Å². The number of rotatable bonds is 5. The molecule has 124 valence electrons. The Balaban J connectivity index is 1.76. The summed E-state index contributed by atoms with van der Waals surface area (Å²) in [5.74, 6) is 1.14. The number of hydrogen-bond acceptors (Lipinski definition) is 4. The topological polar surface area (TPSA) is 71.9 Å². The fourth-order valence-corrected chi connectivity index (χ4v) is 2.73. The molecule has 2 N–H and O–H groups in total. The first-order chi connectivity index (χ1) is 12.2. The van der Waals surface area contributed by atoms with Gasteiger partial charge in [0.05, 0.1) is 12.7 Å². The number of nitriles is 1. The lowest BCUT2D eigenvalue weighted by Crippen LogP contribution is -2.00. The van der Waals surface area contributed by atoms with Crippen molar-refractivity contribution in [3.63, 3.8) is 0 Å². The number of pyridine rings is 1. The van der Waals surface area contributed by atoms with Crippen molar-refractivity contribution in [1.82, 2.24) is 4.98 Å². The molecule has 0 radical (unpaired) electrons. The standard InChI is InChI=1S/C21H19N3O/c1-25-20-7-3-6-17(13-20)16-5-2-4-15(12-16)8-10-19-11-9-18(14-22)21(23)24-19/h2-7,9,11-13H,8,10H2,1H3,(H2,23,24). The lowest BCUT2D eigenvalue weighted by atomic mass is 10.00. The molecule has 0 unspecified atom stereocenters. The highest BCUT2D eigenvalue weighted by atomic mass is 16.5. The van der Waals surface area contributed by atoms with Crippen molar-refractivity contribution in [2.45, 2.75) is 12.8 Å². The van der Waals surface area contributed by atoms with Gasteiger partial charge in [-0.15, -0.1) is 0 Å². The molecule has 1 heterocycles. The second-order valence-electron chi connectivity index (χ2n) is 5.78. The Kier molecular flexibility index (Phi) is 4.96. The summed E-state index contributed by atoms with van der Waals surface area (Å²) in [4.78, 5) is 4.30. The molecule has 0 bridgehead atoms. The average molecular weight is 329 g/mol. The molecule has 3 aromatic rings. The number of nitrogens with zero attached hydrogens (tertiary/aromatic N) is 2. The zero-order valence-corrected chi connectivity index (χ0v) is 14.1. The maximum atomic E-state index is 8.91. The van der Waals surface area contributed by atoms with Gasteiger partial charge in [0.25, 0.3) is 0 Å². The van der Waals surface area contributed by atoms with Crippen molar-refractivity contribution in [2.24, 2.45) is 0 Å². The summed E-state index contributed by atoms with van der Waals surface area (Å²) in [6.07, 6.45) is 1.63. The zero-order chi connectivity index (χ0) is 17.6. The fourth-order valence-electron chi connectivity index (χ4n) is 2.73. The highest BCUT2D eigenvalue weighted by Gasteiger charge is 2.04. The number of hydrogen-bond donors (Lipinski definition) is 1. The number of aromatic nitrogens is 1. The molecule has 0 amide bonds. The molecule has 4 heteroatoms. The van der Waals surface area contributed by atoms with E-state index in [2.05, 4.69) is 35.3 Å². The Morgan fingerprint density at radius 2 is 1.76 bits per heavy atom. The van der Waals surface area contributed by atoms with E-state index in [-0.39, 0.29) is 0 Å². The van der Waals surface area contributed by atoms with Crippen molar-refractivity contribution < 1.29 is 4.74 Å². The molecule has 2 aromatic carbocycles. The SMILES string of the molecule is COc1cccc(-c2cccc(CCc3ccc(C#N)c(N)n3)c2)c1. The van der Waals surface area contributed by atoms with E-state index in [1.807, 2.05) is 30.3 Å². The number of aryl methyl sites for hydroxylation is 2. The van der Waals surface area contributed by atoms with Crippen LogP contribution in [0.5, 0.6) is 5.75 Å². The van der Waals surface area contributed by atoms with E-state index in [0.717, 1.165) is 35.4 Å². The molecule has 0 aliphatic rings. The van der Waals surface area contributed by atoms with E-state index < -0.39 is 0 Å². The Labute approximate surface area is 147 Å². The van der Waals surface area contributed by atoms with Crippen LogP contribution in [-0.2, 0) is 12.8 Å². The minimum Gasteiger partial charge on any atom is -0.497 e. The van der Waals surface area contributed by atoms with Gasteiger partial charge in [0.1, 0.15) is 17.6 Å². The molecule has 0 saturated carbocycles. The van der Waals surface area contributed by atoms with Crippen molar-refractivity contribution >= 4 is 5.82 Å². The molecule has 0 aliphatic heterocycles. The van der Waals surface area contributed by atoms with Crippen LogP contribution in [-0.4, -0.2) is 12.1 Å². The predicted octanol–water partition coefficient (Wildman–Crippen LogP) is 4.00. The largest absolute Gasteiger partial charge is 0.497 e. The first kappa shape index (κ1) is 16.5. The highest BCUT2D eigenvalue weighted by Crippen LogP contribution is 2.25. The van der Waals surface area contributed by atoms with Crippen LogP contribution in [0.1, 0.15) is 16.8 Å². The molecule has 0 atom stereocenters. The summed E-state index contributed by atoms with van der Waals surface area (Å²) in [5.41, 5.74) is 10.6. The Morgan fingerprint density at radius 1 is 1.00 bits per heavy atom. The van der Waals surface area contributed by atoms with Gasteiger partial charge in [-0.1, -0.05) is 36.4 Å². The van der Waals surface area contributed by atoms with Crippen LogP contribution in [0.15, 0.2) is 60.7 Å². The number of methoxy groups -OCH3 is 1. The van der Waals surface area contributed by atoms with Gasteiger partial charge in [0.2, 0.25) is 0 Å². The maximum absolute atomic E-state index is 8.91.